The van der Waals surface area contributed by atoms with Crippen LogP contribution >= 0.6 is 27.7 Å². The molecule has 0 bridgehead atoms. The van der Waals surface area contributed by atoms with Crippen molar-refractivity contribution in [2.24, 2.45) is 0 Å². The van der Waals surface area contributed by atoms with Crippen LogP contribution < -0.4 is 5.32 Å². The van der Waals surface area contributed by atoms with Gasteiger partial charge in [-0.1, -0.05) is 6.07 Å². The van der Waals surface area contributed by atoms with Crippen molar-refractivity contribution in [2.75, 3.05) is 11.5 Å². The van der Waals surface area contributed by atoms with Gasteiger partial charge in [-0.05, 0) is 40.2 Å². The Balaban J connectivity index is 2.14. The van der Waals surface area contributed by atoms with Crippen molar-refractivity contribution in [1.29, 1.82) is 5.26 Å². The second-order valence-corrected chi connectivity index (χ2v) is 5.71. The Labute approximate surface area is 112 Å². The van der Waals surface area contributed by atoms with Crippen LogP contribution in [0.1, 0.15) is 16.9 Å². The van der Waals surface area contributed by atoms with Crippen molar-refractivity contribution < 1.29 is 4.79 Å². The summed E-state index contributed by atoms with van der Waals surface area (Å²) < 4.78 is 0.608. The highest BCUT2D eigenvalue weighted by Gasteiger charge is 2.36. The van der Waals surface area contributed by atoms with E-state index in [-0.39, 0.29) is 5.91 Å². The number of carbonyl (C=O) groups is 1. The van der Waals surface area contributed by atoms with Crippen LogP contribution in [0.5, 0.6) is 0 Å². The molecule has 1 saturated heterocycles. The number of nitrogens with one attached hydrogen (secondary N) is 1. The summed E-state index contributed by atoms with van der Waals surface area (Å²) in [6, 6.07) is 7.33. The summed E-state index contributed by atoms with van der Waals surface area (Å²) in [5.41, 5.74) is -0.406. The summed E-state index contributed by atoms with van der Waals surface area (Å²) in [6.07, 6.45) is 0.688. The zero-order chi connectivity index (χ0) is 12.3. The molecular formula is C11H10BrN3OS. The molecule has 0 spiro atoms. The first-order valence-corrected chi connectivity index (χ1v) is 7.04. The van der Waals surface area contributed by atoms with E-state index >= 15 is 0 Å². The van der Waals surface area contributed by atoms with Crippen molar-refractivity contribution in [3.05, 3.63) is 28.5 Å². The number of pyridine rings is 1. The zero-order valence-corrected chi connectivity index (χ0v) is 11.3. The molecule has 6 heteroatoms. The summed E-state index contributed by atoms with van der Waals surface area (Å²) in [6.45, 7) is 0. The SMILES string of the molecule is N#CC1(NC(=O)c2cccc(Br)n2)CCSC1. The van der Waals surface area contributed by atoms with Gasteiger partial charge in [-0.15, -0.1) is 0 Å². The summed E-state index contributed by atoms with van der Waals surface area (Å²) in [4.78, 5) is 16.0. The van der Waals surface area contributed by atoms with E-state index in [1.807, 2.05) is 0 Å². The van der Waals surface area contributed by atoms with Crippen LogP contribution in [0, 0.1) is 11.3 Å². The molecule has 1 aromatic rings. The number of thioether (sulfide) groups is 1. The van der Waals surface area contributed by atoms with Gasteiger partial charge < -0.3 is 5.32 Å². The molecule has 88 valence electrons. The third-order valence-electron chi connectivity index (χ3n) is 2.54. The first-order chi connectivity index (χ1) is 8.15. The van der Waals surface area contributed by atoms with Crippen LogP contribution in [0.25, 0.3) is 0 Å². The smallest absolute Gasteiger partial charge is 0.271 e. The fraction of sp³-hybridized carbons (Fsp3) is 0.364. The van der Waals surface area contributed by atoms with Gasteiger partial charge in [0.25, 0.3) is 5.91 Å². The maximum Gasteiger partial charge on any atom is 0.271 e. The fourth-order valence-electron chi connectivity index (χ4n) is 1.60. The molecule has 1 aliphatic heterocycles. The topological polar surface area (TPSA) is 65.8 Å². The second-order valence-electron chi connectivity index (χ2n) is 3.80. The molecule has 0 aromatic carbocycles. The fourth-order valence-corrected chi connectivity index (χ4v) is 3.21. The predicted molar refractivity (Wildman–Crippen MR) is 69.7 cm³/mol. The Morgan fingerprint density at radius 1 is 1.65 bits per heavy atom. The average Bonchev–Trinajstić information content (AvgIpc) is 2.78. The van der Waals surface area contributed by atoms with Crippen molar-refractivity contribution in [3.63, 3.8) is 0 Å². The standard InChI is InChI=1S/C11H10BrN3OS/c12-9-3-1-2-8(14-9)10(16)15-11(6-13)4-5-17-7-11/h1-3H,4-5,7H2,(H,15,16). The molecule has 0 saturated carbocycles. The second kappa shape index (κ2) is 5.07. The van der Waals surface area contributed by atoms with Crippen LogP contribution in [0.15, 0.2) is 22.8 Å². The molecule has 2 heterocycles. The Hall–Kier alpha value is -1.06. The third kappa shape index (κ3) is 2.79. The highest BCUT2D eigenvalue weighted by molar-refractivity contribution is 9.10. The van der Waals surface area contributed by atoms with Gasteiger partial charge in [0.15, 0.2) is 0 Å². The van der Waals surface area contributed by atoms with Gasteiger partial charge in [-0.25, -0.2) is 4.98 Å². The number of hydrogen-bond donors (Lipinski definition) is 1. The van der Waals surface area contributed by atoms with E-state index in [1.54, 1.807) is 30.0 Å². The summed E-state index contributed by atoms with van der Waals surface area (Å²) >= 11 is 4.89. The largest absolute Gasteiger partial charge is 0.332 e. The lowest BCUT2D eigenvalue weighted by atomic mass is 10.0. The molecular weight excluding hydrogens is 302 g/mol. The molecule has 1 aromatic heterocycles. The van der Waals surface area contributed by atoms with E-state index < -0.39 is 5.54 Å². The van der Waals surface area contributed by atoms with Gasteiger partial charge in [0.05, 0.1) is 6.07 Å². The van der Waals surface area contributed by atoms with Crippen molar-refractivity contribution in [3.8, 4) is 6.07 Å². The highest BCUT2D eigenvalue weighted by atomic mass is 79.9. The first-order valence-electron chi connectivity index (χ1n) is 5.09. The maximum atomic E-state index is 12.0. The molecule has 1 N–H and O–H groups in total. The van der Waals surface area contributed by atoms with Crippen molar-refractivity contribution in [1.82, 2.24) is 10.3 Å². The average molecular weight is 312 g/mol. The Morgan fingerprint density at radius 2 is 2.47 bits per heavy atom. The van der Waals surface area contributed by atoms with Crippen LogP contribution in [0.4, 0.5) is 0 Å². The molecule has 0 radical (unpaired) electrons. The minimum Gasteiger partial charge on any atom is -0.332 e. The molecule has 1 amide bonds. The predicted octanol–water partition coefficient (Wildman–Crippen LogP) is 1.97. The minimum absolute atomic E-state index is 0.296. The molecule has 4 nitrogen and oxygen atoms in total. The Bertz CT molecular complexity index is 480. The van der Waals surface area contributed by atoms with Gasteiger partial charge in [0, 0.05) is 5.75 Å². The van der Waals surface area contributed by atoms with Gasteiger partial charge in [-0.3, -0.25) is 4.79 Å². The van der Waals surface area contributed by atoms with Crippen molar-refractivity contribution in [2.45, 2.75) is 12.0 Å². The number of halogens is 1. The van der Waals surface area contributed by atoms with E-state index in [1.165, 1.54) is 0 Å². The molecule has 17 heavy (non-hydrogen) atoms. The van der Waals surface area contributed by atoms with E-state index in [0.717, 1.165) is 5.75 Å². The maximum absolute atomic E-state index is 12.0. The molecule has 0 aliphatic carbocycles. The number of carbonyl (C=O) groups excluding carboxylic acids is 1. The summed E-state index contributed by atoms with van der Waals surface area (Å²) in [7, 11) is 0. The lowest BCUT2D eigenvalue weighted by Gasteiger charge is -2.20. The first kappa shape index (κ1) is 12.4. The van der Waals surface area contributed by atoms with Crippen LogP contribution in [-0.4, -0.2) is 27.9 Å². The van der Waals surface area contributed by atoms with Gasteiger partial charge >= 0.3 is 0 Å². The lowest BCUT2D eigenvalue weighted by Crippen LogP contribution is -2.47. The van der Waals surface area contributed by atoms with E-state index in [2.05, 4.69) is 32.3 Å². The molecule has 1 fully saturated rings. The normalized spacial score (nSPS) is 23.1. The van der Waals surface area contributed by atoms with E-state index in [0.29, 0.717) is 22.5 Å². The van der Waals surface area contributed by atoms with Crippen LogP contribution in [0.2, 0.25) is 0 Å². The number of hydrogen-bond acceptors (Lipinski definition) is 4. The van der Waals surface area contributed by atoms with Crippen LogP contribution in [0.3, 0.4) is 0 Å². The minimum atomic E-state index is -0.730. The van der Waals surface area contributed by atoms with Gasteiger partial charge in [0.2, 0.25) is 0 Å². The monoisotopic (exact) mass is 311 g/mol. The van der Waals surface area contributed by atoms with E-state index in [4.69, 9.17) is 5.26 Å². The molecule has 2 rings (SSSR count). The van der Waals surface area contributed by atoms with Crippen molar-refractivity contribution >= 4 is 33.6 Å². The number of rotatable bonds is 2. The number of aromatic nitrogens is 1. The highest BCUT2D eigenvalue weighted by Crippen LogP contribution is 2.27. The third-order valence-corrected chi connectivity index (χ3v) is 4.17. The lowest BCUT2D eigenvalue weighted by molar-refractivity contribution is 0.0921. The number of nitriles is 1. The van der Waals surface area contributed by atoms with E-state index in [9.17, 15) is 4.79 Å². The summed E-state index contributed by atoms with van der Waals surface area (Å²) in [5, 5.41) is 11.9. The number of amides is 1. The van der Waals surface area contributed by atoms with Gasteiger partial charge in [-0.2, -0.15) is 17.0 Å². The molecule has 1 unspecified atom stereocenters. The van der Waals surface area contributed by atoms with Crippen LogP contribution in [-0.2, 0) is 0 Å². The van der Waals surface area contributed by atoms with Gasteiger partial charge in [0.1, 0.15) is 15.8 Å². The number of nitrogens with zero attached hydrogens (tertiary/aromatic N) is 2. The molecule has 1 aliphatic rings. The Kier molecular flexibility index (Phi) is 3.69. The summed E-state index contributed by atoms with van der Waals surface area (Å²) in [5.74, 6) is 1.25. The molecule has 1 atom stereocenters. The Morgan fingerprint density at radius 3 is 3.06 bits per heavy atom. The quantitative estimate of drug-likeness (QED) is 0.848. The zero-order valence-electron chi connectivity index (χ0n) is 8.94.